The van der Waals surface area contributed by atoms with Gasteiger partial charge in [-0.2, -0.15) is 0 Å². The highest BCUT2D eigenvalue weighted by Crippen LogP contribution is 2.34. The first-order valence-electron chi connectivity index (χ1n) is 11.5. The standard InChI is InChI=1S/C24H34N6O/c1-6-20(22-26-27-28-30(22)24(3,4)5)29(19-12-7-8-13-19)15-18-14-17-11-9-10-16(2)21(17)25-23(18)31/h9-11,14,19-20H,6-8,12-13,15H2,1-5H3,(H,25,31)/t20-/m0/s1. The summed E-state index contributed by atoms with van der Waals surface area (Å²) in [6, 6.07) is 8.69. The van der Waals surface area contributed by atoms with E-state index in [4.69, 9.17) is 0 Å². The normalized spacial score (nSPS) is 16.5. The summed E-state index contributed by atoms with van der Waals surface area (Å²) in [4.78, 5) is 18.6. The van der Waals surface area contributed by atoms with Crippen LogP contribution < -0.4 is 5.56 Å². The number of tetrazole rings is 1. The molecular formula is C24H34N6O. The maximum absolute atomic E-state index is 13.0. The number of benzene rings is 1. The number of rotatable bonds is 6. The van der Waals surface area contributed by atoms with Gasteiger partial charge in [0.2, 0.25) is 0 Å². The average molecular weight is 423 g/mol. The van der Waals surface area contributed by atoms with E-state index in [0.717, 1.165) is 47.1 Å². The largest absolute Gasteiger partial charge is 0.321 e. The number of H-pyrrole nitrogens is 1. The van der Waals surface area contributed by atoms with E-state index in [-0.39, 0.29) is 17.1 Å². The molecule has 7 nitrogen and oxygen atoms in total. The minimum absolute atomic E-state index is 0.00457. The highest BCUT2D eigenvalue weighted by molar-refractivity contribution is 5.81. The van der Waals surface area contributed by atoms with Gasteiger partial charge in [0.25, 0.3) is 5.56 Å². The Morgan fingerprint density at radius 2 is 2.00 bits per heavy atom. The van der Waals surface area contributed by atoms with E-state index in [2.05, 4.69) is 65.2 Å². The van der Waals surface area contributed by atoms with Crippen LogP contribution in [-0.4, -0.2) is 36.1 Å². The lowest BCUT2D eigenvalue weighted by molar-refractivity contribution is 0.108. The molecule has 1 atom stereocenters. The van der Waals surface area contributed by atoms with E-state index in [1.165, 1.54) is 12.8 Å². The highest BCUT2D eigenvalue weighted by atomic mass is 16.1. The highest BCUT2D eigenvalue weighted by Gasteiger charge is 2.34. The maximum Gasteiger partial charge on any atom is 0.252 e. The zero-order valence-corrected chi connectivity index (χ0v) is 19.4. The summed E-state index contributed by atoms with van der Waals surface area (Å²) in [6.45, 7) is 11.2. The first-order valence-corrected chi connectivity index (χ1v) is 11.5. The van der Waals surface area contributed by atoms with Crippen LogP contribution in [0.15, 0.2) is 29.1 Å². The van der Waals surface area contributed by atoms with Crippen molar-refractivity contribution in [1.82, 2.24) is 30.1 Å². The molecule has 1 fully saturated rings. The Morgan fingerprint density at radius 3 is 2.68 bits per heavy atom. The fourth-order valence-corrected chi connectivity index (χ4v) is 4.92. The van der Waals surface area contributed by atoms with Gasteiger partial charge in [0.15, 0.2) is 5.82 Å². The third-order valence-electron chi connectivity index (χ3n) is 6.53. The molecule has 0 amide bonds. The van der Waals surface area contributed by atoms with Crippen LogP contribution in [0.5, 0.6) is 0 Å². The number of nitrogens with zero attached hydrogens (tertiary/aromatic N) is 5. The van der Waals surface area contributed by atoms with Crippen molar-refractivity contribution in [3.05, 3.63) is 51.6 Å². The minimum atomic E-state index is -0.203. The number of aromatic nitrogens is 5. The second kappa shape index (κ2) is 8.54. The SMILES string of the molecule is CC[C@@H](c1nnnn1C(C)(C)C)N(Cc1cc2cccc(C)c2[nH]c1=O)C1CCCC1. The third kappa shape index (κ3) is 4.28. The predicted octanol–water partition coefficient (Wildman–Crippen LogP) is 4.47. The van der Waals surface area contributed by atoms with E-state index >= 15 is 0 Å². The van der Waals surface area contributed by atoms with Crippen LogP contribution in [0.2, 0.25) is 0 Å². The van der Waals surface area contributed by atoms with Gasteiger partial charge in [-0.3, -0.25) is 9.69 Å². The molecular weight excluding hydrogens is 388 g/mol. The molecule has 1 saturated carbocycles. The number of aryl methyl sites for hydroxylation is 1. The predicted molar refractivity (Wildman–Crippen MR) is 123 cm³/mol. The van der Waals surface area contributed by atoms with Crippen molar-refractivity contribution in [3.8, 4) is 0 Å². The van der Waals surface area contributed by atoms with Crippen molar-refractivity contribution >= 4 is 10.9 Å². The summed E-state index contributed by atoms with van der Waals surface area (Å²) < 4.78 is 1.94. The van der Waals surface area contributed by atoms with E-state index in [9.17, 15) is 4.79 Å². The summed E-state index contributed by atoms with van der Waals surface area (Å²) in [5.74, 6) is 0.884. The quantitative estimate of drug-likeness (QED) is 0.634. The van der Waals surface area contributed by atoms with Gasteiger partial charge >= 0.3 is 0 Å². The molecule has 31 heavy (non-hydrogen) atoms. The Balaban J connectivity index is 1.76. The van der Waals surface area contributed by atoms with Gasteiger partial charge in [-0.1, -0.05) is 38.0 Å². The van der Waals surface area contributed by atoms with Gasteiger partial charge in [-0.15, -0.1) is 5.10 Å². The molecule has 166 valence electrons. The summed E-state index contributed by atoms with van der Waals surface area (Å²) in [5, 5.41) is 13.8. The van der Waals surface area contributed by atoms with Gasteiger partial charge in [0, 0.05) is 18.2 Å². The fraction of sp³-hybridized carbons (Fsp3) is 0.583. The van der Waals surface area contributed by atoms with Crippen molar-refractivity contribution in [2.24, 2.45) is 0 Å². The second-order valence-corrected chi connectivity index (χ2v) is 9.82. The number of nitrogens with one attached hydrogen (secondary N) is 1. The van der Waals surface area contributed by atoms with Crippen LogP contribution in [0, 0.1) is 6.92 Å². The Labute approximate surface area is 183 Å². The van der Waals surface area contributed by atoms with Crippen LogP contribution >= 0.6 is 0 Å². The van der Waals surface area contributed by atoms with Crippen LogP contribution in [0.4, 0.5) is 0 Å². The molecule has 0 bridgehead atoms. The van der Waals surface area contributed by atoms with Gasteiger partial charge in [0.1, 0.15) is 0 Å². The molecule has 0 spiro atoms. The summed E-state index contributed by atoms with van der Waals surface area (Å²) in [7, 11) is 0. The first-order chi connectivity index (χ1) is 14.8. The summed E-state index contributed by atoms with van der Waals surface area (Å²) in [5.41, 5.74) is 2.61. The van der Waals surface area contributed by atoms with Gasteiger partial charge in [-0.05, 0) is 74.4 Å². The van der Waals surface area contributed by atoms with E-state index in [0.29, 0.717) is 12.6 Å². The number of hydrogen-bond acceptors (Lipinski definition) is 5. The Hall–Kier alpha value is -2.54. The molecule has 7 heteroatoms. The van der Waals surface area contributed by atoms with Crippen LogP contribution in [-0.2, 0) is 12.1 Å². The van der Waals surface area contributed by atoms with E-state index in [1.807, 2.05) is 23.7 Å². The minimum Gasteiger partial charge on any atom is -0.321 e. The summed E-state index contributed by atoms with van der Waals surface area (Å²) in [6.07, 6.45) is 5.65. The lowest BCUT2D eigenvalue weighted by Crippen LogP contribution is -2.40. The lowest BCUT2D eigenvalue weighted by Gasteiger charge is -2.36. The van der Waals surface area contributed by atoms with E-state index in [1.54, 1.807) is 0 Å². The van der Waals surface area contributed by atoms with Crippen LogP contribution in [0.1, 0.15) is 82.8 Å². The number of fused-ring (bicyclic) bond motifs is 1. The smallest absolute Gasteiger partial charge is 0.252 e. The number of pyridine rings is 1. The molecule has 1 aliphatic rings. The van der Waals surface area contributed by atoms with Crippen molar-refractivity contribution in [2.75, 3.05) is 0 Å². The van der Waals surface area contributed by atoms with Gasteiger partial charge < -0.3 is 4.98 Å². The molecule has 4 rings (SSSR count). The molecule has 1 aromatic carbocycles. The van der Waals surface area contributed by atoms with E-state index < -0.39 is 0 Å². The van der Waals surface area contributed by atoms with Crippen molar-refractivity contribution < 1.29 is 0 Å². The van der Waals surface area contributed by atoms with Crippen molar-refractivity contribution in [2.45, 2.75) is 90.9 Å². The molecule has 2 aromatic heterocycles. The first kappa shape index (κ1) is 21.7. The monoisotopic (exact) mass is 422 g/mol. The lowest BCUT2D eigenvalue weighted by atomic mass is 10.0. The van der Waals surface area contributed by atoms with Crippen molar-refractivity contribution in [3.63, 3.8) is 0 Å². The molecule has 0 unspecified atom stereocenters. The van der Waals surface area contributed by atoms with Crippen LogP contribution in [0.25, 0.3) is 10.9 Å². The Bertz CT molecular complexity index is 1100. The van der Waals surface area contributed by atoms with Gasteiger partial charge in [-0.25, -0.2) is 4.68 Å². The number of hydrogen-bond donors (Lipinski definition) is 1. The maximum atomic E-state index is 13.0. The average Bonchev–Trinajstić information content (AvgIpc) is 3.41. The Morgan fingerprint density at radius 1 is 1.26 bits per heavy atom. The number of aromatic amines is 1. The summed E-state index contributed by atoms with van der Waals surface area (Å²) >= 11 is 0. The fourth-order valence-electron chi connectivity index (χ4n) is 4.92. The molecule has 2 heterocycles. The third-order valence-corrected chi connectivity index (χ3v) is 6.53. The second-order valence-electron chi connectivity index (χ2n) is 9.82. The topological polar surface area (TPSA) is 79.7 Å². The zero-order valence-electron chi connectivity index (χ0n) is 19.4. The van der Waals surface area contributed by atoms with Gasteiger partial charge in [0.05, 0.1) is 17.1 Å². The zero-order chi connectivity index (χ0) is 22.2. The molecule has 1 N–H and O–H groups in total. The van der Waals surface area contributed by atoms with Crippen LogP contribution in [0.3, 0.4) is 0 Å². The molecule has 0 aliphatic heterocycles. The van der Waals surface area contributed by atoms with Crippen molar-refractivity contribution in [1.29, 1.82) is 0 Å². The molecule has 3 aromatic rings. The molecule has 0 radical (unpaired) electrons. The molecule has 0 saturated heterocycles. The number of para-hydroxylation sites is 1. The molecule has 1 aliphatic carbocycles. The Kier molecular flexibility index (Phi) is 5.97.